The summed E-state index contributed by atoms with van der Waals surface area (Å²) >= 11 is 0. The molecule has 5 unspecified atom stereocenters. The topological polar surface area (TPSA) is 9.23 Å². The van der Waals surface area contributed by atoms with Crippen LogP contribution in [0.4, 0.5) is 0 Å². The quantitative estimate of drug-likeness (QED) is 0.275. The molecule has 3 aliphatic rings. The minimum Gasteiger partial charge on any atom is -0.376 e. The van der Waals surface area contributed by atoms with Gasteiger partial charge in [-0.15, -0.1) is 0 Å². The Hall–Kier alpha value is 0.177. The van der Waals surface area contributed by atoms with Crippen molar-refractivity contribution in [3.63, 3.8) is 0 Å². The lowest BCUT2D eigenvalue weighted by Crippen LogP contribution is -2.40. The molecule has 0 aromatic carbocycles. The lowest BCUT2D eigenvalue weighted by atomic mass is 9.82. The molecule has 2 heteroatoms. The Labute approximate surface area is 177 Å². The Kier molecular flexibility index (Phi) is 8.15. The molecule has 0 heterocycles. The van der Waals surface area contributed by atoms with Crippen LogP contribution >= 0.6 is 0 Å². The molecule has 3 rings (SSSR count). The normalized spacial score (nSPS) is 34.0. The smallest absolute Gasteiger partial charge is 0.0598 e. The predicted octanol–water partition coefficient (Wildman–Crippen LogP) is 8.60. The third-order valence-corrected chi connectivity index (χ3v) is 14.2. The Morgan fingerprint density at radius 2 is 1.57 bits per heavy atom. The first-order valence-corrected chi connectivity index (χ1v) is 16.1. The van der Waals surface area contributed by atoms with E-state index in [1.165, 1.54) is 50.5 Å². The van der Waals surface area contributed by atoms with Gasteiger partial charge in [-0.1, -0.05) is 90.1 Å². The molecule has 0 saturated heterocycles. The number of hydrogen-bond donors (Lipinski definition) is 0. The largest absolute Gasteiger partial charge is 0.376 e. The van der Waals surface area contributed by atoms with Gasteiger partial charge in [-0.05, 0) is 62.4 Å². The number of rotatable bonds is 9. The van der Waals surface area contributed by atoms with Crippen LogP contribution in [0.25, 0.3) is 0 Å². The molecular formula is C26H50OSi. The molecule has 0 amide bonds. The van der Waals surface area contributed by atoms with E-state index in [0.29, 0.717) is 0 Å². The summed E-state index contributed by atoms with van der Waals surface area (Å²) in [6.45, 7) is 13.0. The van der Waals surface area contributed by atoms with E-state index in [1.54, 1.807) is 44.9 Å². The van der Waals surface area contributed by atoms with Crippen LogP contribution in [0.3, 0.4) is 0 Å². The van der Waals surface area contributed by atoms with Crippen LogP contribution in [-0.4, -0.2) is 20.3 Å². The first-order valence-electron chi connectivity index (χ1n) is 12.9. The van der Waals surface area contributed by atoms with Gasteiger partial charge in [-0.2, -0.15) is 0 Å². The van der Waals surface area contributed by atoms with Gasteiger partial charge < -0.3 is 4.74 Å². The number of hydrogen-bond acceptors (Lipinski definition) is 1. The van der Waals surface area contributed by atoms with Crippen LogP contribution in [0.15, 0.2) is 0 Å². The molecule has 5 atom stereocenters. The van der Waals surface area contributed by atoms with Crippen molar-refractivity contribution in [3.05, 3.63) is 0 Å². The maximum Gasteiger partial charge on any atom is 0.0598 e. The second-order valence-electron chi connectivity index (χ2n) is 12.3. The standard InChI is InChI=1S/C26H50OSi/c1-26(2,3)27-19-11-7-6-8-12-21-15-17-23(20-21)28(4,5)25-18-16-22-13-9-10-14-24(22)25/h21-25H,6-20H2,1-5H3. The summed E-state index contributed by atoms with van der Waals surface area (Å²) in [6.07, 6.45) is 21.1. The highest BCUT2D eigenvalue weighted by atomic mass is 28.3. The summed E-state index contributed by atoms with van der Waals surface area (Å²) in [5.74, 6) is 3.33. The van der Waals surface area contributed by atoms with E-state index in [2.05, 4.69) is 33.9 Å². The average molecular weight is 407 g/mol. The highest BCUT2D eigenvalue weighted by Gasteiger charge is 2.49. The molecule has 0 N–H and O–H groups in total. The Balaban J connectivity index is 1.34. The second-order valence-corrected chi connectivity index (χ2v) is 17.5. The fourth-order valence-corrected chi connectivity index (χ4v) is 12.1. The minimum atomic E-state index is -1.09. The van der Waals surface area contributed by atoms with E-state index in [0.717, 1.165) is 29.9 Å². The molecule has 0 spiro atoms. The highest BCUT2D eigenvalue weighted by molar-refractivity contribution is 6.80. The van der Waals surface area contributed by atoms with Crippen molar-refractivity contribution in [1.29, 1.82) is 0 Å². The van der Waals surface area contributed by atoms with Crippen LogP contribution < -0.4 is 0 Å². The second kappa shape index (κ2) is 9.99. The molecular weight excluding hydrogens is 356 g/mol. The minimum absolute atomic E-state index is 0.0342. The number of ether oxygens (including phenoxy) is 1. The van der Waals surface area contributed by atoms with E-state index >= 15 is 0 Å². The van der Waals surface area contributed by atoms with E-state index in [4.69, 9.17) is 4.74 Å². The van der Waals surface area contributed by atoms with Gasteiger partial charge in [0.05, 0.1) is 13.7 Å². The molecule has 3 fully saturated rings. The summed E-state index contributed by atoms with van der Waals surface area (Å²) < 4.78 is 5.85. The number of unbranched alkanes of at least 4 members (excludes halogenated alkanes) is 3. The summed E-state index contributed by atoms with van der Waals surface area (Å²) in [6, 6.07) is 0. The van der Waals surface area contributed by atoms with Gasteiger partial charge in [0.2, 0.25) is 0 Å². The summed E-state index contributed by atoms with van der Waals surface area (Å²) in [5, 5.41) is 0. The molecule has 0 aromatic rings. The first kappa shape index (κ1) is 22.9. The van der Waals surface area contributed by atoms with Crippen LogP contribution in [-0.2, 0) is 4.74 Å². The van der Waals surface area contributed by atoms with Crippen LogP contribution in [0, 0.1) is 17.8 Å². The summed E-state index contributed by atoms with van der Waals surface area (Å²) in [4.78, 5) is 0. The SMILES string of the molecule is CC(C)(C)OCCCCCCC1CCC([Si](C)(C)C2CCC3CCCCC32)C1. The van der Waals surface area contributed by atoms with E-state index in [1.807, 2.05) is 0 Å². The van der Waals surface area contributed by atoms with Crippen molar-refractivity contribution < 1.29 is 4.74 Å². The third kappa shape index (κ3) is 6.09. The van der Waals surface area contributed by atoms with Gasteiger partial charge in [0.15, 0.2) is 0 Å². The van der Waals surface area contributed by atoms with Gasteiger partial charge in [0.1, 0.15) is 0 Å². The van der Waals surface area contributed by atoms with Crippen molar-refractivity contribution in [2.24, 2.45) is 17.8 Å². The maximum atomic E-state index is 5.85. The molecule has 1 nitrogen and oxygen atoms in total. The fourth-order valence-electron chi connectivity index (χ4n) is 7.24. The molecule has 0 aliphatic heterocycles. The predicted molar refractivity (Wildman–Crippen MR) is 126 cm³/mol. The zero-order valence-electron chi connectivity index (χ0n) is 19.9. The van der Waals surface area contributed by atoms with Crippen molar-refractivity contribution in [2.75, 3.05) is 6.61 Å². The molecule has 0 radical (unpaired) electrons. The van der Waals surface area contributed by atoms with Crippen molar-refractivity contribution in [2.45, 2.75) is 140 Å². The van der Waals surface area contributed by atoms with E-state index in [-0.39, 0.29) is 5.60 Å². The van der Waals surface area contributed by atoms with Gasteiger partial charge in [0.25, 0.3) is 0 Å². The maximum absolute atomic E-state index is 5.85. The van der Waals surface area contributed by atoms with Gasteiger partial charge >= 0.3 is 0 Å². The highest BCUT2D eigenvalue weighted by Crippen LogP contribution is 2.58. The van der Waals surface area contributed by atoms with E-state index < -0.39 is 8.07 Å². The summed E-state index contributed by atoms with van der Waals surface area (Å²) in [7, 11) is -1.09. The monoisotopic (exact) mass is 406 g/mol. The molecule has 3 saturated carbocycles. The molecule has 0 bridgehead atoms. The molecule has 164 valence electrons. The zero-order valence-corrected chi connectivity index (χ0v) is 20.9. The number of fused-ring (bicyclic) bond motifs is 1. The Bertz CT molecular complexity index is 466. The zero-order chi connectivity index (χ0) is 20.2. The van der Waals surface area contributed by atoms with Gasteiger partial charge in [-0.3, -0.25) is 0 Å². The Morgan fingerprint density at radius 3 is 2.36 bits per heavy atom. The Morgan fingerprint density at radius 1 is 0.821 bits per heavy atom. The lowest BCUT2D eigenvalue weighted by molar-refractivity contribution is -0.00476. The average Bonchev–Trinajstić information content (AvgIpc) is 3.27. The van der Waals surface area contributed by atoms with Crippen LogP contribution in [0.2, 0.25) is 24.2 Å². The van der Waals surface area contributed by atoms with E-state index in [9.17, 15) is 0 Å². The fraction of sp³-hybridized carbons (Fsp3) is 1.00. The van der Waals surface area contributed by atoms with Crippen molar-refractivity contribution in [3.8, 4) is 0 Å². The van der Waals surface area contributed by atoms with Gasteiger partial charge in [-0.25, -0.2) is 0 Å². The molecule has 3 aliphatic carbocycles. The van der Waals surface area contributed by atoms with Crippen LogP contribution in [0.1, 0.15) is 111 Å². The first-order chi connectivity index (χ1) is 13.3. The lowest BCUT2D eigenvalue weighted by Gasteiger charge is -2.41. The molecule has 0 aromatic heterocycles. The van der Waals surface area contributed by atoms with Crippen molar-refractivity contribution >= 4 is 8.07 Å². The van der Waals surface area contributed by atoms with Gasteiger partial charge in [0, 0.05) is 6.61 Å². The molecule has 28 heavy (non-hydrogen) atoms. The van der Waals surface area contributed by atoms with Crippen molar-refractivity contribution in [1.82, 2.24) is 0 Å². The third-order valence-electron chi connectivity index (χ3n) is 8.92. The summed E-state index contributed by atoms with van der Waals surface area (Å²) in [5.41, 5.74) is 2.35. The van der Waals surface area contributed by atoms with Crippen LogP contribution in [0.5, 0.6) is 0 Å².